The van der Waals surface area contributed by atoms with Crippen molar-refractivity contribution in [2.24, 2.45) is 0 Å². The van der Waals surface area contributed by atoms with Crippen molar-refractivity contribution < 1.29 is 33.4 Å². The summed E-state index contributed by atoms with van der Waals surface area (Å²) in [6.07, 6.45) is 1.31. The van der Waals surface area contributed by atoms with Crippen LogP contribution in [0.2, 0.25) is 5.02 Å². The van der Waals surface area contributed by atoms with Crippen molar-refractivity contribution >= 4 is 69.2 Å². The number of carbonyl (C=O) groups excluding carboxylic acids is 5. The third kappa shape index (κ3) is 10.6. The number of halogens is 1. The molecular weight excluding hydrogens is 756 g/mol. The molecular formula is C39H43ClN10O7. The Morgan fingerprint density at radius 3 is 2.46 bits per heavy atom. The monoisotopic (exact) mass is 798 g/mol. The zero-order valence-corrected chi connectivity index (χ0v) is 32.6. The Morgan fingerprint density at radius 2 is 1.75 bits per heavy atom. The van der Waals surface area contributed by atoms with Crippen molar-refractivity contribution in [3.8, 4) is 5.69 Å². The molecule has 0 spiro atoms. The predicted octanol–water partition coefficient (Wildman–Crippen LogP) is 3.74. The number of anilines is 3. The van der Waals surface area contributed by atoms with Crippen LogP contribution in [0.4, 0.5) is 17.1 Å². The smallest absolute Gasteiger partial charge is 0.355 e. The van der Waals surface area contributed by atoms with Gasteiger partial charge in [-0.25, -0.2) is 4.79 Å². The fourth-order valence-corrected chi connectivity index (χ4v) is 6.32. The summed E-state index contributed by atoms with van der Waals surface area (Å²) in [6, 6.07) is 17.1. The van der Waals surface area contributed by atoms with Crippen LogP contribution in [0.25, 0.3) is 16.6 Å². The molecule has 0 radical (unpaired) electrons. The summed E-state index contributed by atoms with van der Waals surface area (Å²) in [5.74, 6) is -3.34. The largest absolute Gasteiger partial charge is 0.455 e. The van der Waals surface area contributed by atoms with E-state index in [-0.39, 0.29) is 35.3 Å². The van der Waals surface area contributed by atoms with Gasteiger partial charge in [0.2, 0.25) is 11.8 Å². The van der Waals surface area contributed by atoms with Crippen molar-refractivity contribution in [3.05, 3.63) is 89.3 Å². The molecule has 1 fully saturated rings. The average molecular weight is 799 g/mol. The van der Waals surface area contributed by atoms with Gasteiger partial charge < -0.3 is 35.3 Å². The zero-order chi connectivity index (χ0) is 40.7. The molecule has 18 heteroatoms. The van der Waals surface area contributed by atoms with Crippen LogP contribution in [-0.2, 0) is 35.1 Å². The number of piperazine rings is 1. The maximum absolute atomic E-state index is 13.9. The van der Waals surface area contributed by atoms with Gasteiger partial charge in [-0.15, -0.1) is 5.10 Å². The summed E-state index contributed by atoms with van der Waals surface area (Å²) in [5, 5.41) is 19.9. The van der Waals surface area contributed by atoms with Gasteiger partial charge >= 0.3 is 17.8 Å². The van der Waals surface area contributed by atoms with Gasteiger partial charge in [-0.1, -0.05) is 23.7 Å². The Kier molecular flexibility index (Phi) is 12.6. The summed E-state index contributed by atoms with van der Waals surface area (Å²) in [6.45, 7) is 10.6. The van der Waals surface area contributed by atoms with Gasteiger partial charge in [0.25, 0.3) is 0 Å². The summed E-state index contributed by atoms with van der Waals surface area (Å²) in [5.41, 5.74) is 2.43. The maximum atomic E-state index is 13.9. The number of esters is 1. The van der Waals surface area contributed by atoms with Crippen molar-refractivity contribution in [2.75, 3.05) is 54.9 Å². The molecule has 1 aliphatic heterocycles. The first-order valence-electron chi connectivity index (χ1n) is 18.3. The van der Waals surface area contributed by atoms with Crippen LogP contribution in [0.1, 0.15) is 43.7 Å². The molecule has 57 heavy (non-hydrogen) atoms. The van der Waals surface area contributed by atoms with Gasteiger partial charge in [0, 0.05) is 60.0 Å². The van der Waals surface area contributed by atoms with E-state index in [4.69, 9.17) is 21.1 Å². The topological polar surface area (TPSA) is 206 Å². The van der Waals surface area contributed by atoms with Gasteiger partial charge in [0.15, 0.2) is 0 Å². The number of rotatable bonds is 13. The second kappa shape index (κ2) is 17.7. The molecule has 6 rings (SSSR count). The molecule has 4 amide bonds. The SMILES string of the molecule is CCOCCN1CCN(c2ccc(C[C@H](NC(=O)C(=O)Nc3cc(Cl)ccc3-n3cnnn3)C(=O)Nc3ccc4[nH]c(C(=O)OC(C)(C)C)cc4c3)cc2)C(=O)C1. The molecule has 298 valence electrons. The lowest BCUT2D eigenvalue weighted by Gasteiger charge is -2.34. The molecule has 3 aromatic carbocycles. The van der Waals surface area contributed by atoms with E-state index in [1.165, 1.54) is 17.1 Å². The molecule has 1 aliphatic rings. The van der Waals surface area contributed by atoms with Crippen LogP contribution < -0.4 is 20.9 Å². The van der Waals surface area contributed by atoms with Gasteiger partial charge in [-0.3, -0.25) is 24.1 Å². The third-order valence-corrected chi connectivity index (χ3v) is 9.12. The van der Waals surface area contributed by atoms with E-state index in [2.05, 4.69) is 41.4 Å². The molecule has 5 aromatic rings. The van der Waals surface area contributed by atoms with Gasteiger partial charge in [0.1, 0.15) is 23.7 Å². The molecule has 0 unspecified atom stereocenters. The summed E-state index contributed by atoms with van der Waals surface area (Å²) >= 11 is 6.19. The number of aromatic amines is 1. The minimum Gasteiger partial charge on any atom is -0.455 e. The number of benzene rings is 3. The van der Waals surface area contributed by atoms with E-state index in [1.807, 2.05) is 6.92 Å². The lowest BCUT2D eigenvalue weighted by molar-refractivity contribution is -0.137. The molecule has 0 bridgehead atoms. The first-order valence-corrected chi connectivity index (χ1v) is 18.6. The van der Waals surface area contributed by atoms with E-state index < -0.39 is 35.3 Å². The van der Waals surface area contributed by atoms with E-state index in [0.717, 1.165) is 0 Å². The molecule has 0 aliphatic carbocycles. The summed E-state index contributed by atoms with van der Waals surface area (Å²) in [4.78, 5) is 73.2. The number of nitrogens with zero attached hydrogens (tertiary/aromatic N) is 6. The first-order chi connectivity index (χ1) is 27.3. The zero-order valence-electron chi connectivity index (χ0n) is 31.9. The number of tetrazole rings is 1. The fraction of sp³-hybridized carbons (Fsp3) is 0.333. The molecule has 0 saturated carbocycles. The highest BCUT2D eigenvalue weighted by atomic mass is 35.5. The second-order valence-electron chi connectivity index (χ2n) is 14.3. The van der Waals surface area contributed by atoms with Crippen LogP contribution in [0.3, 0.4) is 0 Å². The highest BCUT2D eigenvalue weighted by Gasteiger charge is 2.28. The lowest BCUT2D eigenvalue weighted by Crippen LogP contribution is -2.51. The van der Waals surface area contributed by atoms with Crippen LogP contribution in [0.15, 0.2) is 73.1 Å². The third-order valence-electron chi connectivity index (χ3n) is 8.88. The van der Waals surface area contributed by atoms with Crippen molar-refractivity contribution in [3.63, 3.8) is 0 Å². The molecule has 2 aromatic heterocycles. The molecule has 4 N–H and O–H groups in total. The standard InChI is InChI=1S/C39H43ClN10O7/c1-5-56-17-16-48-14-15-49(34(51)22-48)28-10-6-24(7-11-28)18-31(45-37(54)36(53)44-30-21-26(40)8-13-33(30)50-23-41-46-47-50)35(52)42-27-9-12-29-25(19-27)20-32(43-29)38(55)57-39(2,3)4/h6-13,19-21,23,31,43H,5,14-18,22H2,1-4H3,(H,42,52)(H,44,53)(H,45,54)/t31-/m0/s1. The fourth-order valence-electron chi connectivity index (χ4n) is 6.15. The Labute approximate surface area is 333 Å². The van der Waals surface area contributed by atoms with Crippen molar-refractivity contribution in [2.45, 2.75) is 45.8 Å². The number of fused-ring (bicyclic) bond motifs is 1. The number of ether oxygens (including phenoxy) is 2. The minimum absolute atomic E-state index is 0.00742. The number of aromatic nitrogens is 5. The summed E-state index contributed by atoms with van der Waals surface area (Å²) in [7, 11) is 0. The van der Waals surface area contributed by atoms with Crippen LogP contribution in [-0.4, -0.2) is 111 Å². The van der Waals surface area contributed by atoms with Gasteiger partial charge in [0.05, 0.1) is 24.5 Å². The lowest BCUT2D eigenvalue weighted by atomic mass is 10.0. The maximum Gasteiger partial charge on any atom is 0.355 e. The molecule has 3 heterocycles. The quantitative estimate of drug-likeness (QED) is 0.0767. The van der Waals surface area contributed by atoms with Gasteiger partial charge in [-0.2, -0.15) is 4.68 Å². The van der Waals surface area contributed by atoms with E-state index >= 15 is 0 Å². The predicted molar refractivity (Wildman–Crippen MR) is 212 cm³/mol. The molecule has 17 nitrogen and oxygen atoms in total. The molecule has 1 atom stereocenters. The van der Waals surface area contributed by atoms with Crippen LogP contribution >= 0.6 is 11.6 Å². The number of amides is 4. The highest BCUT2D eigenvalue weighted by molar-refractivity contribution is 6.40. The van der Waals surface area contributed by atoms with Crippen LogP contribution in [0.5, 0.6) is 0 Å². The normalized spacial score (nSPS) is 14.0. The highest BCUT2D eigenvalue weighted by Crippen LogP contribution is 2.25. The van der Waals surface area contributed by atoms with Crippen molar-refractivity contribution in [1.29, 1.82) is 0 Å². The Bertz CT molecular complexity index is 2250. The first kappa shape index (κ1) is 40.5. The van der Waals surface area contributed by atoms with Gasteiger partial charge in [-0.05, 0) is 98.3 Å². The number of hydrogen-bond acceptors (Lipinski definition) is 11. The number of nitrogens with one attached hydrogen (secondary N) is 4. The van der Waals surface area contributed by atoms with E-state index in [0.29, 0.717) is 66.4 Å². The van der Waals surface area contributed by atoms with E-state index in [1.54, 1.807) is 86.3 Å². The Morgan fingerprint density at radius 1 is 0.965 bits per heavy atom. The van der Waals surface area contributed by atoms with E-state index in [9.17, 15) is 24.0 Å². The summed E-state index contributed by atoms with van der Waals surface area (Å²) < 4.78 is 12.2. The Hall–Kier alpha value is -6.17. The van der Waals surface area contributed by atoms with Crippen LogP contribution in [0, 0.1) is 0 Å². The number of hydrogen-bond donors (Lipinski definition) is 4. The molecule has 1 saturated heterocycles. The average Bonchev–Trinajstić information content (AvgIpc) is 3.85. The number of H-pyrrole nitrogens is 1. The second-order valence-corrected chi connectivity index (χ2v) is 14.7. The Balaban J connectivity index is 1.19. The van der Waals surface area contributed by atoms with Crippen molar-refractivity contribution in [1.82, 2.24) is 35.4 Å². The minimum atomic E-state index is -1.23. The number of carbonyl (C=O) groups is 5.